The van der Waals surface area contributed by atoms with Crippen LogP contribution in [0.2, 0.25) is 0 Å². The smallest absolute Gasteiger partial charge is 0.226 e. The Bertz CT molecular complexity index is 921. The van der Waals surface area contributed by atoms with Crippen LogP contribution in [0, 0.1) is 18.2 Å². The van der Waals surface area contributed by atoms with Crippen molar-refractivity contribution in [2.45, 2.75) is 34.1 Å². The lowest BCUT2D eigenvalue weighted by Gasteiger charge is -2.17. The highest BCUT2D eigenvalue weighted by Crippen LogP contribution is 2.30. The van der Waals surface area contributed by atoms with Crippen molar-refractivity contribution in [2.75, 3.05) is 5.32 Å². The van der Waals surface area contributed by atoms with E-state index in [2.05, 4.69) is 10.3 Å². The molecular weight excluding hydrogens is 317 g/mol. The topological polar surface area (TPSA) is 46.4 Å². The summed E-state index contributed by atoms with van der Waals surface area (Å²) in [5, 5.41) is 2.92. The molecule has 0 radical (unpaired) electrons. The van der Waals surface area contributed by atoms with Gasteiger partial charge in [0.15, 0.2) is 5.82 Å². The van der Waals surface area contributed by atoms with Crippen LogP contribution >= 0.6 is 0 Å². The van der Waals surface area contributed by atoms with Gasteiger partial charge in [0.2, 0.25) is 5.91 Å². The Labute approximate surface area is 146 Å². The second-order valence-electron chi connectivity index (χ2n) is 7.54. The van der Waals surface area contributed by atoms with Gasteiger partial charge < -0.3 is 5.32 Å². The number of fused-ring (bicyclic) bond motifs is 1. The van der Waals surface area contributed by atoms with E-state index in [0.717, 1.165) is 22.5 Å². The minimum absolute atomic E-state index is 0.0870. The summed E-state index contributed by atoms with van der Waals surface area (Å²) in [5.74, 6) is 0.106. The maximum Gasteiger partial charge on any atom is 0.226 e. The normalized spacial score (nSPS) is 11.7. The first-order chi connectivity index (χ1) is 11.7. The molecule has 3 rings (SSSR count). The predicted octanol–water partition coefficient (Wildman–Crippen LogP) is 4.82. The van der Waals surface area contributed by atoms with Crippen molar-refractivity contribution in [1.29, 1.82) is 0 Å². The summed E-state index contributed by atoms with van der Waals surface area (Å²) in [6.45, 7) is 8.03. The van der Waals surface area contributed by atoms with Crippen LogP contribution in [0.1, 0.15) is 32.8 Å². The van der Waals surface area contributed by atoms with Crippen molar-refractivity contribution in [3.8, 4) is 11.3 Å². The summed E-state index contributed by atoms with van der Waals surface area (Å²) in [7, 11) is 0. The van der Waals surface area contributed by atoms with Gasteiger partial charge in [0, 0.05) is 18.2 Å². The molecule has 3 aromatic rings. The molecule has 1 N–H and O–H groups in total. The summed E-state index contributed by atoms with van der Waals surface area (Å²) >= 11 is 0. The Balaban J connectivity index is 2.09. The van der Waals surface area contributed by atoms with Crippen molar-refractivity contribution in [1.82, 2.24) is 9.38 Å². The number of benzene rings is 1. The van der Waals surface area contributed by atoms with Gasteiger partial charge in [-0.25, -0.2) is 9.37 Å². The third-order valence-corrected chi connectivity index (χ3v) is 3.83. The minimum Gasteiger partial charge on any atom is -0.309 e. The van der Waals surface area contributed by atoms with E-state index in [9.17, 15) is 9.18 Å². The lowest BCUT2D eigenvalue weighted by molar-refractivity contribution is -0.117. The number of carbonyl (C=O) groups is 1. The van der Waals surface area contributed by atoms with Crippen molar-refractivity contribution in [3.63, 3.8) is 0 Å². The van der Waals surface area contributed by atoms with Gasteiger partial charge in [-0.1, -0.05) is 26.8 Å². The molecule has 130 valence electrons. The molecular formula is C20H22FN3O. The van der Waals surface area contributed by atoms with E-state index in [1.54, 1.807) is 12.1 Å². The summed E-state index contributed by atoms with van der Waals surface area (Å²) < 4.78 is 15.2. The number of nitrogens with one attached hydrogen (secondary N) is 1. The van der Waals surface area contributed by atoms with Crippen molar-refractivity contribution < 1.29 is 9.18 Å². The molecule has 0 unspecified atom stereocenters. The van der Waals surface area contributed by atoms with Crippen LogP contribution in [0.15, 0.2) is 42.6 Å². The molecule has 0 fully saturated rings. The van der Waals surface area contributed by atoms with E-state index in [0.29, 0.717) is 12.2 Å². The van der Waals surface area contributed by atoms with Gasteiger partial charge in [0.25, 0.3) is 0 Å². The number of hydrogen-bond acceptors (Lipinski definition) is 2. The van der Waals surface area contributed by atoms with Gasteiger partial charge in [0.1, 0.15) is 11.5 Å². The number of carbonyl (C=O) groups excluding carboxylic acids is 1. The fraction of sp³-hybridized carbons (Fsp3) is 0.300. The van der Waals surface area contributed by atoms with Crippen LogP contribution < -0.4 is 5.32 Å². The number of aryl methyl sites for hydroxylation is 1. The molecule has 0 spiro atoms. The van der Waals surface area contributed by atoms with Crippen molar-refractivity contribution >= 4 is 17.4 Å². The summed E-state index contributed by atoms with van der Waals surface area (Å²) in [6, 6.07) is 10.1. The molecule has 2 aromatic heterocycles. The maximum atomic E-state index is 13.3. The Morgan fingerprint density at radius 1 is 1.16 bits per heavy atom. The summed E-state index contributed by atoms with van der Waals surface area (Å²) in [6.07, 6.45) is 2.35. The highest BCUT2D eigenvalue weighted by molar-refractivity contribution is 5.94. The van der Waals surface area contributed by atoms with Crippen LogP contribution in [0.5, 0.6) is 0 Å². The molecule has 1 aromatic carbocycles. The van der Waals surface area contributed by atoms with Gasteiger partial charge >= 0.3 is 0 Å². The predicted molar refractivity (Wildman–Crippen MR) is 98.0 cm³/mol. The van der Waals surface area contributed by atoms with Crippen LogP contribution in [0.3, 0.4) is 0 Å². The van der Waals surface area contributed by atoms with Gasteiger partial charge in [-0.05, 0) is 48.2 Å². The zero-order chi connectivity index (χ0) is 18.2. The summed E-state index contributed by atoms with van der Waals surface area (Å²) in [4.78, 5) is 16.9. The number of nitrogens with zero attached hydrogens (tertiary/aromatic N) is 2. The molecule has 5 heteroatoms. The highest BCUT2D eigenvalue weighted by Gasteiger charge is 2.20. The SMILES string of the molecule is Cc1ccc2nc(NC(=O)CC(C)(C)C)c(-c3ccc(F)cc3)n2c1. The molecule has 0 saturated heterocycles. The lowest BCUT2D eigenvalue weighted by Crippen LogP contribution is -2.20. The first kappa shape index (κ1) is 17.1. The molecule has 0 aliphatic heterocycles. The Kier molecular flexibility index (Phi) is 4.33. The number of hydrogen-bond donors (Lipinski definition) is 1. The second-order valence-corrected chi connectivity index (χ2v) is 7.54. The van der Waals surface area contributed by atoms with Crippen molar-refractivity contribution in [2.24, 2.45) is 5.41 Å². The van der Waals surface area contributed by atoms with E-state index >= 15 is 0 Å². The molecule has 0 saturated carbocycles. The van der Waals surface area contributed by atoms with Gasteiger partial charge in [-0.3, -0.25) is 9.20 Å². The first-order valence-corrected chi connectivity index (χ1v) is 8.27. The molecule has 25 heavy (non-hydrogen) atoms. The number of halogens is 1. The monoisotopic (exact) mass is 339 g/mol. The number of pyridine rings is 1. The number of rotatable bonds is 3. The van der Waals surface area contributed by atoms with E-state index in [4.69, 9.17) is 0 Å². The summed E-state index contributed by atoms with van der Waals surface area (Å²) in [5.41, 5.74) is 3.24. The largest absolute Gasteiger partial charge is 0.309 e. The quantitative estimate of drug-likeness (QED) is 0.743. The first-order valence-electron chi connectivity index (χ1n) is 8.27. The van der Waals surface area contributed by atoms with E-state index in [1.807, 2.05) is 50.4 Å². The van der Waals surface area contributed by atoms with Crippen LogP contribution in [-0.4, -0.2) is 15.3 Å². The molecule has 0 bridgehead atoms. The standard InChI is InChI=1S/C20H22FN3O/c1-13-5-10-16-22-19(23-17(25)11-20(2,3)4)18(24(16)12-13)14-6-8-15(21)9-7-14/h5-10,12H,11H2,1-4H3,(H,23,25). The zero-order valence-corrected chi connectivity index (χ0v) is 14.9. The van der Waals surface area contributed by atoms with Crippen LogP contribution in [0.4, 0.5) is 10.2 Å². The zero-order valence-electron chi connectivity index (χ0n) is 14.9. The third-order valence-electron chi connectivity index (χ3n) is 3.83. The van der Waals surface area contributed by atoms with E-state index in [1.165, 1.54) is 12.1 Å². The molecule has 1 amide bonds. The fourth-order valence-electron chi connectivity index (χ4n) is 2.78. The molecule has 4 nitrogen and oxygen atoms in total. The van der Waals surface area contributed by atoms with Crippen molar-refractivity contribution in [3.05, 3.63) is 54.0 Å². The average Bonchev–Trinajstić information content (AvgIpc) is 2.83. The lowest BCUT2D eigenvalue weighted by atomic mass is 9.92. The van der Waals surface area contributed by atoms with Gasteiger partial charge in [-0.15, -0.1) is 0 Å². The molecule has 0 atom stereocenters. The van der Waals surface area contributed by atoms with E-state index < -0.39 is 0 Å². The number of anilines is 1. The molecule has 0 aliphatic rings. The van der Waals surface area contributed by atoms with Gasteiger partial charge in [-0.2, -0.15) is 0 Å². The Morgan fingerprint density at radius 3 is 2.48 bits per heavy atom. The average molecular weight is 339 g/mol. The highest BCUT2D eigenvalue weighted by atomic mass is 19.1. The molecule has 0 aliphatic carbocycles. The van der Waals surface area contributed by atoms with Crippen LogP contribution in [0.25, 0.3) is 16.9 Å². The Hall–Kier alpha value is -2.69. The minimum atomic E-state index is -0.299. The fourth-order valence-corrected chi connectivity index (χ4v) is 2.78. The number of aromatic nitrogens is 2. The second kappa shape index (κ2) is 6.31. The third kappa shape index (κ3) is 3.87. The Morgan fingerprint density at radius 2 is 1.84 bits per heavy atom. The number of amides is 1. The number of imidazole rings is 1. The maximum absolute atomic E-state index is 13.3. The van der Waals surface area contributed by atoms with E-state index in [-0.39, 0.29) is 17.1 Å². The van der Waals surface area contributed by atoms with Gasteiger partial charge in [0.05, 0.1) is 5.69 Å². The van der Waals surface area contributed by atoms with Crippen LogP contribution in [-0.2, 0) is 4.79 Å². The molecule has 2 heterocycles.